The van der Waals surface area contributed by atoms with Gasteiger partial charge in [-0.15, -0.1) is 0 Å². The highest BCUT2D eigenvalue weighted by Gasteiger charge is 2.45. The molecule has 2 nitrogen and oxygen atoms in total. The Labute approximate surface area is 99.5 Å². The van der Waals surface area contributed by atoms with Gasteiger partial charge < -0.3 is 9.47 Å². The van der Waals surface area contributed by atoms with Gasteiger partial charge >= 0.3 is 0 Å². The van der Waals surface area contributed by atoms with Gasteiger partial charge in [0.2, 0.25) is 6.29 Å². The quantitative estimate of drug-likeness (QED) is 0.739. The molecular weight excluding hydrogens is 212 g/mol. The zero-order valence-corrected chi connectivity index (χ0v) is 9.24. The van der Waals surface area contributed by atoms with Gasteiger partial charge in [-0.25, -0.2) is 0 Å². The van der Waals surface area contributed by atoms with Crippen molar-refractivity contribution < 1.29 is 9.47 Å². The molecule has 2 heteroatoms. The SMILES string of the molecule is C1=C[C@H]2[C@H](O1)O[C@H]2c1ccc2ccccc2c1. The van der Waals surface area contributed by atoms with Crippen LogP contribution in [0.15, 0.2) is 54.8 Å². The minimum Gasteiger partial charge on any atom is -0.472 e. The van der Waals surface area contributed by atoms with Crippen molar-refractivity contribution in [3.63, 3.8) is 0 Å². The van der Waals surface area contributed by atoms with Crippen molar-refractivity contribution in [2.45, 2.75) is 12.4 Å². The van der Waals surface area contributed by atoms with Crippen LogP contribution in [-0.4, -0.2) is 6.29 Å². The van der Waals surface area contributed by atoms with Crippen LogP contribution in [0.3, 0.4) is 0 Å². The number of rotatable bonds is 1. The molecule has 84 valence electrons. The molecule has 0 aromatic heterocycles. The maximum absolute atomic E-state index is 5.71. The van der Waals surface area contributed by atoms with E-state index >= 15 is 0 Å². The first-order valence-corrected chi connectivity index (χ1v) is 5.88. The van der Waals surface area contributed by atoms with Crippen molar-refractivity contribution >= 4 is 10.8 Å². The van der Waals surface area contributed by atoms with Gasteiger partial charge in [0.05, 0.1) is 18.3 Å². The minimum atomic E-state index is -0.0496. The molecule has 0 amide bonds. The summed E-state index contributed by atoms with van der Waals surface area (Å²) in [4.78, 5) is 0. The predicted octanol–water partition coefficient (Wildman–Crippen LogP) is 3.40. The molecule has 2 aliphatic rings. The molecule has 0 N–H and O–H groups in total. The summed E-state index contributed by atoms with van der Waals surface area (Å²) in [5.74, 6) is 0.385. The molecule has 2 aromatic carbocycles. The van der Waals surface area contributed by atoms with Gasteiger partial charge in [-0.2, -0.15) is 0 Å². The minimum absolute atomic E-state index is 0.0496. The van der Waals surface area contributed by atoms with Gasteiger partial charge in [0.1, 0.15) is 0 Å². The molecule has 1 saturated heterocycles. The van der Waals surface area contributed by atoms with E-state index in [-0.39, 0.29) is 12.4 Å². The normalized spacial score (nSPS) is 29.8. The maximum Gasteiger partial charge on any atom is 0.208 e. The fourth-order valence-corrected chi connectivity index (χ4v) is 2.59. The highest BCUT2D eigenvalue weighted by Crippen LogP contribution is 2.45. The van der Waals surface area contributed by atoms with E-state index in [4.69, 9.17) is 9.47 Å². The van der Waals surface area contributed by atoms with Crippen molar-refractivity contribution in [2.75, 3.05) is 0 Å². The van der Waals surface area contributed by atoms with Crippen molar-refractivity contribution in [2.24, 2.45) is 5.92 Å². The van der Waals surface area contributed by atoms with Crippen LogP contribution in [0.5, 0.6) is 0 Å². The van der Waals surface area contributed by atoms with Crippen LogP contribution in [0.1, 0.15) is 11.7 Å². The van der Waals surface area contributed by atoms with Gasteiger partial charge in [-0.1, -0.05) is 36.4 Å². The third kappa shape index (κ3) is 1.31. The average Bonchev–Trinajstić information content (AvgIpc) is 2.71. The molecule has 0 unspecified atom stereocenters. The average molecular weight is 224 g/mol. The lowest BCUT2D eigenvalue weighted by atomic mass is 9.90. The van der Waals surface area contributed by atoms with Gasteiger partial charge in [-0.3, -0.25) is 0 Å². The van der Waals surface area contributed by atoms with Gasteiger partial charge in [0, 0.05) is 0 Å². The summed E-state index contributed by atoms with van der Waals surface area (Å²) in [7, 11) is 0. The van der Waals surface area contributed by atoms with Crippen molar-refractivity contribution in [3.05, 3.63) is 60.4 Å². The second kappa shape index (κ2) is 3.34. The van der Waals surface area contributed by atoms with E-state index in [0.29, 0.717) is 5.92 Å². The van der Waals surface area contributed by atoms with E-state index in [9.17, 15) is 0 Å². The van der Waals surface area contributed by atoms with Crippen molar-refractivity contribution in [1.29, 1.82) is 0 Å². The monoisotopic (exact) mass is 224 g/mol. The number of fused-ring (bicyclic) bond motifs is 2. The first-order chi connectivity index (χ1) is 8.42. The molecule has 0 aliphatic carbocycles. The lowest BCUT2D eigenvalue weighted by Gasteiger charge is -2.38. The first-order valence-electron chi connectivity index (χ1n) is 5.88. The Kier molecular flexibility index (Phi) is 1.82. The van der Waals surface area contributed by atoms with Crippen LogP contribution >= 0.6 is 0 Å². The Morgan fingerprint density at radius 2 is 1.82 bits per heavy atom. The number of ether oxygens (including phenoxy) is 2. The third-order valence-corrected chi connectivity index (χ3v) is 3.56. The smallest absolute Gasteiger partial charge is 0.208 e. The number of benzene rings is 2. The molecule has 2 aliphatic heterocycles. The number of hydrogen-bond acceptors (Lipinski definition) is 2. The third-order valence-electron chi connectivity index (χ3n) is 3.56. The van der Waals surface area contributed by atoms with Gasteiger partial charge in [0.15, 0.2) is 0 Å². The zero-order chi connectivity index (χ0) is 11.2. The van der Waals surface area contributed by atoms with Gasteiger partial charge in [0.25, 0.3) is 0 Å². The van der Waals surface area contributed by atoms with Crippen LogP contribution in [0.2, 0.25) is 0 Å². The molecule has 0 saturated carbocycles. The highest BCUT2D eigenvalue weighted by atomic mass is 16.7. The van der Waals surface area contributed by atoms with Crippen LogP contribution in [0, 0.1) is 5.92 Å². The Balaban J connectivity index is 1.74. The zero-order valence-electron chi connectivity index (χ0n) is 9.24. The van der Waals surface area contributed by atoms with Gasteiger partial charge in [-0.05, 0) is 28.5 Å². The van der Waals surface area contributed by atoms with Crippen LogP contribution in [-0.2, 0) is 9.47 Å². The standard InChI is InChI=1S/C15H12O2/c1-2-4-11-9-12(6-5-10(11)3-1)14-13-7-8-16-15(13)17-14/h1-9,13-15H/t13-,14+,15-/m1/s1. The lowest BCUT2D eigenvalue weighted by Crippen LogP contribution is -2.39. The molecular formula is C15H12O2. The molecule has 2 aromatic rings. The van der Waals surface area contributed by atoms with E-state index in [0.717, 1.165) is 0 Å². The van der Waals surface area contributed by atoms with Crippen molar-refractivity contribution in [3.8, 4) is 0 Å². The molecule has 1 fully saturated rings. The summed E-state index contributed by atoms with van der Waals surface area (Å²) in [5.41, 5.74) is 1.24. The van der Waals surface area contributed by atoms with Crippen molar-refractivity contribution in [1.82, 2.24) is 0 Å². The predicted molar refractivity (Wildman–Crippen MR) is 65.3 cm³/mol. The largest absolute Gasteiger partial charge is 0.472 e. The summed E-state index contributed by atoms with van der Waals surface area (Å²) in [5, 5.41) is 2.53. The Morgan fingerprint density at radius 1 is 0.941 bits per heavy atom. The van der Waals surface area contributed by atoms with Crippen LogP contribution in [0.4, 0.5) is 0 Å². The second-order valence-corrected chi connectivity index (χ2v) is 4.57. The fourth-order valence-electron chi connectivity index (χ4n) is 2.59. The summed E-state index contributed by atoms with van der Waals surface area (Å²) in [6, 6.07) is 14.9. The molecule has 0 bridgehead atoms. The fraction of sp³-hybridized carbons (Fsp3) is 0.200. The molecule has 3 atom stereocenters. The Bertz CT molecular complexity index is 603. The van der Waals surface area contributed by atoms with E-state index in [2.05, 4.69) is 48.5 Å². The summed E-state index contributed by atoms with van der Waals surface area (Å²) in [6.45, 7) is 0. The van der Waals surface area contributed by atoms with E-state index in [1.54, 1.807) is 6.26 Å². The van der Waals surface area contributed by atoms with E-state index < -0.39 is 0 Å². The summed E-state index contributed by atoms with van der Waals surface area (Å²) >= 11 is 0. The van der Waals surface area contributed by atoms with E-state index in [1.165, 1.54) is 16.3 Å². The van der Waals surface area contributed by atoms with E-state index in [1.807, 2.05) is 0 Å². The molecule has 17 heavy (non-hydrogen) atoms. The maximum atomic E-state index is 5.71. The van der Waals surface area contributed by atoms with Crippen LogP contribution < -0.4 is 0 Å². The highest BCUT2D eigenvalue weighted by molar-refractivity contribution is 5.83. The molecule has 0 radical (unpaired) electrons. The lowest BCUT2D eigenvalue weighted by molar-refractivity contribution is -0.257. The first kappa shape index (κ1) is 9.25. The Hall–Kier alpha value is -1.80. The molecule has 4 rings (SSSR count). The summed E-state index contributed by atoms with van der Waals surface area (Å²) < 4.78 is 11.0. The Morgan fingerprint density at radius 3 is 2.71 bits per heavy atom. The van der Waals surface area contributed by atoms with Crippen LogP contribution in [0.25, 0.3) is 10.8 Å². The number of hydrogen-bond donors (Lipinski definition) is 0. The molecule has 2 heterocycles. The second-order valence-electron chi connectivity index (χ2n) is 4.57. The topological polar surface area (TPSA) is 18.5 Å². The molecule has 0 spiro atoms. The summed E-state index contributed by atoms with van der Waals surface area (Å²) in [6.07, 6.45) is 3.94.